The Morgan fingerprint density at radius 3 is 1.27 bits per heavy atom. The van der Waals surface area contributed by atoms with Crippen LogP contribution in [0.1, 0.15) is 5.56 Å². The van der Waals surface area contributed by atoms with Crippen molar-refractivity contribution in [3.63, 3.8) is 0 Å². The van der Waals surface area contributed by atoms with Gasteiger partial charge < -0.3 is 9.44 Å². The SMILES string of the molecule is Cc1cc(NSc2c(Cl)c(Cl)c(Cl)c(Cl)c2Cl)ccc1NSc1c(Cl)c(Cl)c(Cl)c(Cl)c1Cl. The number of benzene rings is 3. The van der Waals surface area contributed by atoms with Gasteiger partial charge in [0.1, 0.15) is 0 Å². The molecule has 0 radical (unpaired) electrons. The Bertz CT molecular complexity index is 1190. The van der Waals surface area contributed by atoms with Crippen LogP contribution < -0.4 is 9.44 Å². The van der Waals surface area contributed by atoms with Crippen LogP contribution in [0.15, 0.2) is 28.0 Å². The Labute approximate surface area is 249 Å². The van der Waals surface area contributed by atoms with Gasteiger partial charge in [-0.15, -0.1) is 0 Å². The van der Waals surface area contributed by atoms with Crippen LogP contribution in [0.4, 0.5) is 11.4 Å². The average Bonchev–Trinajstić information content (AvgIpc) is 2.80. The van der Waals surface area contributed by atoms with Gasteiger partial charge >= 0.3 is 0 Å². The van der Waals surface area contributed by atoms with Gasteiger partial charge in [-0.05, 0) is 54.6 Å². The number of aryl methyl sites for hydroxylation is 1. The van der Waals surface area contributed by atoms with E-state index in [4.69, 9.17) is 116 Å². The Balaban J connectivity index is 1.76. The molecule has 2 nitrogen and oxygen atoms in total. The Kier molecular flexibility index (Phi) is 10.3. The zero-order valence-electron chi connectivity index (χ0n) is 15.8. The lowest BCUT2D eigenvalue weighted by atomic mass is 10.2. The predicted octanol–water partition coefficient (Wildman–Crippen LogP) is 12.8. The number of hydrogen-bond acceptors (Lipinski definition) is 4. The van der Waals surface area contributed by atoms with E-state index in [0.29, 0.717) is 9.79 Å². The lowest BCUT2D eigenvalue weighted by molar-refractivity contribution is 1.44. The van der Waals surface area contributed by atoms with E-state index in [1.807, 2.05) is 25.1 Å². The van der Waals surface area contributed by atoms with E-state index >= 15 is 0 Å². The summed E-state index contributed by atoms with van der Waals surface area (Å²) in [4.78, 5) is 0.907. The van der Waals surface area contributed by atoms with E-state index in [1.54, 1.807) is 0 Å². The van der Waals surface area contributed by atoms with Crippen molar-refractivity contribution in [3.05, 3.63) is 74.0 Å². The first-order valence-electron chi connectivity index (χ1n) is 8.44. The highest BCUT2D eigenvalue weighted by Crippen LogP contribution is 2.49. The van der Waals surface area contributed by atoms with Crippen LogP contribution in [0.2, 0.25) is 50.2 Å². The molecule has 0 bridgehead atoms. The van der Waals surface area contributed by atoms with E-state index in [0.717, 1.165) is 40.8 Å². The van der Waals surface area contributed by atoms with Crippen LogP contribution in [-0.2, 0) is 0 Å². The number of nitrogens with one attached hydrogen (secondary N) is 2. The Hall–Kier alpha value is 0.860. The van der Waals surface area contributed by atoms with E-state index in [1.165, 1.54) is 0 Å². The molecule has 176 valence electrons. The molecule has 0 aliphatic heterocycles. The zero-order valence-corrected chi connectivity index (χ0v) is 25.0. The summed E-state index contributed by atoms with van der Waals surface area (Å²) in [5, 5.41) is 1.53. The van der Waals surface area contributed by atoms with Crippen molar-refractivity contribution in [3.8, 4) is 0 Å². The molecule has 2 N–H and O–H groups in total. The maximum atomic E-state index is 6.28. The molecule has 33 heavy (non-hydrogen) atoms. The van der Waals surface area contributed by atoms with E-state index in [-0.39, 0.29) is 50.2 Å². The topological polar surface area (TPSA) is 24.1 Å². The maximum Gasteiger partial charge on any atom is 0.0809 e. The summed E-state index contributed by atoms with van der Waals surface area (Å²) in [5.74, 6) is 0. The highest BCUT2D eigenvalue weighted by atomic mass is 35.5. The lowest BCUT2D eigenvalue weighted by Crippen LogP contribution is -1.95. The third-order valence-corrected chi connectivity index (χ3v) is 11.0. The minimum absolute atomic E-state index is 0.102. The molecule has 14 heteroatoms. The van der Waals surface area contributed by atoms with Crippen molar-refractivity contribution in [2.24, 2.45) is 0 Å². The van der Waals surface area contributed by atoms with Gasteiger partial charge in [-0.25, -0.2) is 0 Å². The van der Waals surface area contributed by atoms with Crippen molar-refractivity contribution in [2.75, 3.05) is 9.44 Å². The van der Waals surface area contributed by atoms with Gasteiger partial charge in [0.2, 0.25) is 0 Å². The van der Waals surface area contributed by atoms with Crippen LogP contribution in [0.25, 0.3) is 0 Å². The molecule has 0 saturated heterocycles. The highest BCUT2D eigenvalue weighted by Gasteiger charge is 2.21. The minimum Gasteiger partial charge on any atom is -0.326 e. The average molecular weight is 683 g/mol. The molecule has 0 heterocycles. The fourth-order valence-electron chi connectivity index (χ4n) is 2.41. The van der Waals surface area contributed by atoms with Gasteiger partial charge in [-0.3, -0.25) is 0 Å². The van der Waals surface area contributed by atoms with Crippen molar-refractivity contribution in [2.45, 2.75) is 16.7 Å². The first-order chi connectivity index (χ1) is 15.5. The standard InChI is InChI=1S/C19H8Cl10N2S2/c1-5-4-6(30-32-18-14(26)10(22)8(20)11(23)15(18)27)2-3-7(5)31-33-19-16(28)12(24)9(21)13(25)17(19)29/h2-4,30-31H,1H3. The normalized spacial score (nSPS) is 11.1. The molecule has 0 aliphatic rings. The van der Waals surface area contributed by atoms with E-state index < -0.39 is 0 Å². The second kappa shape index (κ2) is 11.9. The van der Waals surface area contributed by atoms with Gasteiger partial charge in [0.15, 0.2) is 0 Å². The number of hydrogen-bond donors (Lipinski definition) is 2. The maximum absolute atomic E-state index is 6.28. The van der Waals surface area contributed by atoms with Gasteiger partial charge in [0.25, 0.3) is 0 Å². The molecule has 0 unspecified atom stereocenters. The summed E-state index contributed by atoms with van der Waals surface area (Å²) in [6.45, 7) is 1.92. The first-order valence-corrected chi connectivity index (χ1v) is 13.9. The summed E-state index contributed by atoms with van der Waals surface area (Å²) < 4.78 is 6.35. The molecule has 0 amide bonds. The van der Waals surface area contributed by atoms with Crippen LogP contribution in [-0.4, -0.2) is 0 Å². The molecule has 3 aromatic rings. The third-order valence-electron chi connectivity index (χ3n) is 4.10. The van der Waals surface area contributed by atoms with Crippen molar-refractivity contribution in [1.29, 1.82) is 0 Å². The summed E-state index contributed by atoms with van der Waals surface area (Å²) in [6.07, 6.45) is 0. The van der Waals surface area contributed by atoms with E-state index in [9.17, 15) is 0 Å². The quantitative estimate of drug-likeness (QED) is 0.154. The fourth-order valence-corrected chi connectivity index (χ4v) is 6.92. The van der Waals surface area contributed by atoms with Crippen molar-refractivity contribution in [1.82, 2.24) is 0 Å². The smallest absolute Gasteiger partial charge is 0.0809 e. The Morgan fingerprint density at radius 1 is 0.515 bits per heavy atom. The van der Waals surface area contributed by atoms with Crippen LogP contribution in [0, 0.1) is 6.92 Å². The highest BCUT2D eigenvalue weighted by molar-refractivity contribution is 8.01. The van der Waals surface area contributed by atoms with E-state index in [2.05, 4.69) is 9.44 Å². The number of rotatable bonds is 6. The van der Waals surface area contributed by atoms with Crippen molar-refractivity contribution >= 4 is 151 Å². The van der Waals surface area contributed by atoms with Gasteiger partial charge in [-0.2, -0.15) is 0 Å². The van der Waals surface area contributed by atoms with Gasteiger partial charge in [-0.1, -0.05) is 116 Å². The number of halogens is 10. The predicted molar refractivity (Wildman–Crippen MR) is 153 cm³/mol. The van der Waals surface area contributed by atoms with Gasteiger partial charge in [0.05, 0.1) is 60.0 Å². The molecular weight excluding hydrogens is 675 g/mol. The lowest BCUT2D eigenvalue weighted by Gasteiger charge is -2.15. The third kappa shape index (κ3) is 6.06. The molecule has 0 fully saturated rings. The molecule has 0 aliphatic carbocycles. The Morgan fingerprint density at radius 2 is 0.879 bits per heavy atom. The largest absolute Gasteiger partial charge is 0.326 e. The van der Waals surface area contributed by atoms with Crippen LogP contribution in [0.3, 0.4) is 0 Å². The molecule has 0 atom stereocenters. The number of anilines is 2. The fraction of sp³-hybridized carbons (Fsp3) is 0.0526. The van der Waals surface area contributed by atoms with Gasteiger partial charge in [0, 0.05) is 11.4 Å². The zero-order chi connectivity index (χ0) is 24.6. The molecule has 3 aromatic carbocycles. The monoisotopic (exact) mass is 678 g/mol. The van der Waals surface area contributed by atoms with Crippen molar-refractivity contribution < 1.29 is 0 Å². The first kappa shape index (κ1) is 28.4. The second-order valence-corrected chi connectivity index (χ2v) is 11.6. The molecule has 0 spiro atoms. The summed E-state index contributed by atoms with van der Waals surface area (Å²) in [5.41, 5.74) is 2.49. The van der Waals surface area contributed by atoms with Crippen LogP contribution in [0.5, 0.6) is 0 Å². The minimum atomic E-state index is 0.102. The molecule has 3 rings (SSSR count). The summed E-state index contributed by atoms with van der Waals surface area (Å²) >= 11 is 64.0. The summed E-state index contributed by atoms with van der Waals surface area (Å²) in [6, 6.07) is 5.61. The molecule has 0 aromatic heterocycles. The molecule has 0 saturated carbocycles. The second-order valence-electron chi connectivity index (χ2n) is 6.24. The molecular formula is C19H8Cl10N2S2. The summed E-state index contributed by atoms with van der Waals surface area (Å²) in [7, 11) is 0. The van der Waals surface area contributed by atoms with Crippen LogP contribution >= 0.6 is 140 Å².